The fraction of sp³-hybridized carbons (Fsp3) is 0.750. The molecule has 0 bridgehead atoms. The maximum absolute atomic E-state index is 5.31. The Morgan fingerprint density at radius 2 is 2.33 bits per heavy atom. The number of alkyl halides is 1. The van der Waals surface area contributed by atoms with Crippen molar-refractivity contribution in [1.29, 1.82) is 0 Å². The van der Waals surface area contributed by atoms with E-state index in [9.17, 15) is 0 Å². The Morgan fingerprint density at radius 3 is 2.50 bits per heavy atom. The van der Waals surface area contributed by atoms with Crippen LogP contribution in [0.25, 0.3) is 0 Å². The number of hydrogen-bond acceptors (Lipinski definition) is 0. The van der Waals surface area contributed by atoms with Gasteiger partial charge in [0.15, 0.2) is 0 Å². The Labute approximate surface area is 45.4 Å². The van der Waals surface area contributed by atoms with Crippen LogP contribution in [0, 0.1) is 5.63 Å². The molecular weight excluding hydrogens is 114 g/mol. The molecule has 0 aromatic rings. The van der Waals surface area contributed by atoms with Crippen molar-refractivity contribution in [3.63, 3.8) is 0 Å². The minimum atomic E-state index is 0.716. The van der Waals surface area contributed by atoms with E-state index in [2.05, 4.69) is 14.3 Å². The second-order valence-corrected chi connectivity index (χ2v) is 1.64. The van der Waals surface area contributed by atoms with E-state index in [1.165, 1.54) is 0 Å². The van der Waals surface area contributed by atoms with Gasteiger partial charge in [-0.2, -0.15) is 0 Å². The monoisotopic (exact) mass is 120 g/mol. The van der Waals surface area contributed by atoms with E-state index in [-0.39, 0.29) is 0 Å². The van der Waals surface area contributed by atoms with Gasteiger partial charge in [-0.15, -0.1) is 0 Å². The molecule has 0 unspecified atom stereocenters. The van der Waals surface area contributed by atoms with E-state index < -0.39 is 0 Å². The van der Waals surface area contributed by atoms with E-state index in [1.54, 1.807) is 0 Å². The molecule has 0 amide bonds. The first kappa shape index (κ1) is 6.50. The zero-order chi connectivity index (χ0) is 4.83. The molecule has 0 fully saturated rings. The van der Waals surface area contributed by atoms with Gasteiger partial charge in [0.1, 0.15) is 0 Å². The Morgan fingerprint density at radius 1 is 1.67 bits per heavy atom. The molecule has 0 saturated heterocycles. The molecule has 2 heteroatoms. The van der Waals surface area contributed by atoms with Crippen LogP contribution in [0.1, 0.15) is 12.8 Å². The van der Waals surface area contributed by atoms with Crippen LogP contribution in [-0.2, 0) is 0 Å². The van der Waals surface area contributed by atoms with Crippen LogP contribution in [0.3, 0.4) is 0 Å². The van der Waals surface area contributed by atoms with Crippen molar-refractivity contribution in [2.75, 3.05) is 5.88 Å². The molecule has 0 heterocycles. The Kier molecular flexibility index (Phi) is 5.96. The summed E-state index contributed by atoms with van der Waals surface area (Å²) in [5.41, 5.74) is 2.68. The normalized spacial score (nSPS) is 7.33. The van der Waals surface area contributed by atoms with Crippen LogP contribution < -0.4 is 0 Å². The molecule has 0 aliphatic heterocycles. The zero-order valence-electron chi connectivity index (χ0n) is 3.45. The van der Waals surface area contributed by atoms with E-state index in [0.29, 0.717) is 5.88 Å². The molecule has 0 spiro atoms. The molecule has 34 valence electrons. The Bertz CT molecular complexity index is 55.1. The van der Waals surface area contributed by atoms with Crippen molar-refractivity contribution < 1.29 is 0 Å². The Hall–Kier alpha value is 0.500. The SMILES string of the molecule is P#CCCCCl. The van der Waals surface area contributed by atoms with E-state index in [1.807, 2.05) is 0 Å². The van der Waals surface area contributed by atoms with Gasteiger partial charge in [-0.3, -0.25) is 0 Å². The van der Waals surface area contributed by atoms with E-state index >= 15 is 0 Å². The predicted molar refractivity (Wildman–Crippen MR) is 30.8 cm³/mol. The summed E-state index contributed by atoms with van der Waals surface area (Å²) in [6.07, 6.45) is 1.89. The second kappa shape index (κ2) is 5.50. The van der Waals surface area contributed by atoms with Crippen LogP contribution >= 0.6 is 20.3 Å². The number of unbranched alkanes of at least 4 members (excludes halogenated alkanes) is 1. The van der Waals surface area contributed by atoms with Gasteiger partial charge in [-0.1, -0.05) is 0 Å². The number of halogens is 1. The number of rotatable bonds is 2. The van der Waals surface area contributed by atoms with E-state index in [0.717, 1.165) is 12.8 Å². The summed E-state index contributed by atoms with van der Waals surface area (Å²) in [7, 11) is 3.75. The van der Waals surface area contributed by atoms with Crippen molar-refractivity contribution in [2.24, 2.45) is 0 Å². The van der Waals surface area contributed by atoms with Crippen LogP contribution in [0.5, 0.6) is 0 Å². The summed E-state index contributed by atoms with van der Waals surface area (Å²) < 4.78 is 0. The third-order valence-corrected chi connectivity index (χ3v) is 0.913. The predicted octanol–water partition coefficient (Wildman–Crippen LogP) is 2.38. The van der Waals surface area contributed by atoms with Crippen LogP contribution in [0.4, 0.5) is 0 Å². The molecule has 0 saturated carbocycles. The van der Waals surface area contributed by atoms with Gasteiger partial charge in [0.2, 0.25) is 0 Å². The van der Waals surface area contributed by atoms with E-state index in [4.69, 9.17) is 11.6 Å². The molecular formula is C4H6ClP. The molecule has 0 aromatic heterocycles. The van der Waals surface area contributed by atoms with Crippen LogP contribution in [-0.4, -0.2) is 5.88 Å². The van der Waals surface area contributed by atoms with Crippen LogP contribution in [0.15, 0.2) is 0 Å². The van der Waals surface area contributed by atoms with Gasteiger partial charge in [0, 0.05) is 0 Å². The average Bonchev–Trinajstić information content (AvgIpc) is 1.61. The van der Waals surface area contributed by atoms with Crippen molar-refractivity contribution in [1.82, 2.24) is 0 Å². The summed E-state index contributed by atoms with van der Waals surface area (Å²) in [5.74, 6) is 0.716. The maximum atomic E-state index is 5.31. The van der Waals surface area contributed by atoms with Gasteiger partial charge in [-0.25, -0.2) is 0 Å². The topological polar surface area (TPSA) is 0 Å². The molecule has 0 aliphatic rings. The number of hydrogen-bond donors (Lipinski definition) is 0. The standard InChI is InChI=1S/C4H6ClP/c5-3-1-2-4-6/h1-3H2. The quantitative estimate of drug-likeness (QED) is 0.298. The fourth-order valence-electron chi connectivity index (χ4n) is 0.146. The van der Waals surface area contributed by atoms with Gasteiger partial charge < -0.3 is 0 Å². The van der Waals surface area contributed by atoms with Crippen molar-refractivity contribution >= 4 is 20.3 Å². The molecule has 0 aromatic carbocycles. The molecule has 0 radical (unpaired) electrons. The third kappa shape index (κ3) is 4.50. The molecule has 6 heavy (non-hydrogen) atoms. The third-order valence-electron chi connectivity index (χ3n) is 0.422. The second-order valence-electron chi connectivity index (χ2n) is 0.951. The first-order valence-electron chi connectivity index (χ1n) is 1.84. The fourth-order valence-corrected chi connectivity index (χ4v) is 0.438. The Balaban J connectivity index is 2.54. The summed E-state index contributed by atoms with van der Waals surface area (Å²) in [4.78, 5) is 0. The van der Waals surface area contributed by atoms with Crippen molar-refractivity contribution in [3.05, 3.63) is 0 Å². The summed E-state index contributed by atoms with van der Waals surface area (Å²) >= 11 is 5.31. The van der Waals surface area contributed by atoms with Gasteiger partial charge >= 0.3 is 44.6 Å². The molecule has 0 nitrogen and oxygen atoms in total. The molecule has 0 rings (SSSR count). The molecule has 0 N–H and O–H groups in total. The first-order valence-corrected chi connectivity index (χ1v) is 2.83. The molecule has 0 aliphatic carbocycles. The minimum absolute atomic E-state index is 0.716. The summed E-state index contributed by atoms with van der Waals surface area (Å²) in [6, 6.07) is 0. The average molecular weight is 121 g/mol. The molecule has 0 atom stereocenters. The van der Waals surface area contributed by atoms with Gasteiger partial charge in [0.05, 0.1) is 0 Å². The first-order chi connectivity index (χ1) is 2.91. The van der Waals surface area contributed by atoms with Crippen molar-refractivity contribution in [3.8, 4) is 5.63 Å². The summed E-state index contributed by atoms with van der Waals surface area (Å²) in [5, 5.41) is 0. The zero-order valence-corrected chi connectivity index (χ0v) is 5.10. The van der Waals surface area contributed by atoms with Gasteiger partial charge in [-0.05, 0) is 0 Å². The van der Waals surface area contributed by atoms with Gasteiger partial charge in [0.25, 0.3) is 0 Å². The van der Waals surface area contributed by atoms with Crippen molar-refractivity contribution in [2.45, 2.75) is 12.8 Å². The summed E-state index contributed by atoms with van der Waals surface area (Å²) in [6.45, 7) is 0. The van der Waals surface area contributed by atoms with Crippen LogP contribution in [0.2, 0.25) is 0 Å².